The first-order valence-electron chi connectivity index (χ1n) is 10.2. The van der Waals surface area contributed by atoms with E-state index in [0.717, 1.165) is 24.8 Å². The highest BCUT2D eigenvalue weighted by molar-refractivity contribution is 6.35. The van der Waals surface area contributed by atoms with Gasteiger partial charge in [-0.1, -0.05) is 17.7 Å². The number of benzene rings is 2. The molecular formula is C23H26N4O4. The number of likely N-dealkylation sites (tertiary alicyclic amines) is 1. The molecule has 0 unspecified atom stereocenters. The Morgan fingerprint density at radius 2 is 1.68 bits per heavy atom. The van der Waals surface area contributed by atoms with Gasteiger partial charge in [-0.25, -0.2) is 5.43 Å². The van der Waals surface area contributed by atoms with Gasteiger partial charge in [-0.05, 0) is 68.1 Å². The lowest BCUT2D eigenvalue weighted by molar-refractivity contribution is -0.146. The fourth-order valence-electron chi connectivity index (χ4n) is 3.09. The van der Waals surface area contributed by atoms with E-state index in [-0.39, 0.29) is 12.5 Å². The van der Waals surface area contributed by atoms with Crippen molar-refractivity contribution in [3.8, 4) is 5.75 Å². The van der Waals surface area contributed by atoms with E-state index in [1.54, 1.807) is 29.2 Å². The lowest BCUT2D eigenvalue weighted by atomic mass is 10.1. The van der Waals surface area contributed by atoms with Crippen molar-refractivity contribution in [3.63, 3.8) is 0 Å². The molecule has 3 amide bonds. The molecule has 8 heteroatoms. The summed E-state index contributed by atoms with van der Waals surface area (Å²) in [6.45, 7) is 3.09. The molecule has 3 rings (SSSR count). The van der Waals surface area contributed by atoms with Gasteiger partial charge < -0.3 is 15.0 Å². The minimum atomic E-state index is -0.738. The minimum Gasteiger partial charge on any atom is -0.484 e. The van der Waals surface area contributed by atoms with Crippen LogP contribution in [-0.4, -0.2) is 48.5 Å². The summed E-state index contributed by atoms with van der Waals surface area (Å²) in [5, 5.41) is 6.60. The van der Waals surface area contributed by atoms with Gasteiger partial charge in [-0.2, -0.15) is 5.10 Å². The van der Waals surface area contributed by atoms with E-state index >= 15 is 0 Å². The molecule has 0 saturated carbocycles. The van der Waals surface area contributed by atoms with Gasteiger partial charge in [0, 0.05) is 18.8 Å². The SMILES string of the molecule is Cc1ccc(NC(=O)COc2ccc(/C=N\NC(=O)C(=O)N3CCCCC3)cc2)cc1. The number of rotatable bonds is 6. The summed E-state index contributed by atoms with van der Waals surface area (Å²) >= 11 is 0. The van der Waals surface area contributed by atoms with Crippen LogP contribution in [0.1, 0.15) is 30.4 Å². The molecule has 162 valence electrons. The van der Waals surface area contributed by atoms with Gasteiger partial charge in [-0.3, -0.25) is 14.4 Å². The summed E-state index contributed by atoms with van der Waals surface area (Å²) < 4.78 is 5.48. The number of ether oxygens (including phenoxy) is 1. The zero-order valence-electron chi connectivity index (χ0n) is 17.5. The van der Waals surface area contributed by atoms with Crippen molar-refractivity contribution >= 4 is 29.6 Å². The first-order chi connectivity index (χ1) is 15.0. The maximum atomic E-state index is 12.0. The molecule has 1 fully saturated rings. The molecule has 2 N–H and O–H groups in total. The van der Waals surface area contributed by atoms with Gasteiger partial charge in [0.05, 0.1) is 6.21 Å². The van der Waals surface area contributed by atoms with Gasteiger partial charge in [0.15, 0.2) is 6.61 Å². The number of carbonyl (C=O) groups excluding carboxylic acids is 3. The highest BCUT2D eigenvalue weighted by Gasteiger charge is 2.22. The Hall–Kier alpha value is -3.68. The van der Waals surface area contributed by atoms with Crippen LogP contribution in [0.15, 0.2) is 53.6 Å². The van der Waals surface area contributed by atoms with E-state index in [2.05, 4.69) is 15.8 Å². The summed E-state index contributed by atoms with van der Waals surface area (Å²) in [5.41, 5.74) is 4.81. The Balaban J connectivity index is 1.41. The monoisotopic (exact) mass is 422 g/mol. The Labute approximate surface area is 181 Å². The van der Waals surface area contributed by atoms with E-state index < -0.39 is 11.8 Å². The highest BCUT2D eigenvalue weighted by atomic mass is 16.5. The maximum absolute atomic E-state index is 12.0. The first-order valence-corrected chi connectivity index (χ1v) is 10.2. The predicted octanol–water partition coefficient (Wildman–Crippen LogP) is 2.48. The number of amides is 3. The van der Waals surface area contributed by atoms with Gasteiger partial charge in [0.25, 0.3) is 5.91 Å². The van der Waals surface area contributed by atoms with E-state index in [0.29, 0.717) is 30.1 Å². The molecule has 0 atom stereocenters. The van der Waals surface area contributed by atoms with Crippen molar-refractivity contribution in [1.29, 1.82) is 0 Å². The normalized spacial score (nSPS) is 13.6. The number of nitrogens with zero attached hydrogens (tertiary/aromatic N) is 2. The number of piperidine rings is 1. The minimum absolute atomic E-state index is 0.115. The molecule has 0 aromatic heterocycles. The molecule has 2 aromatic carbocycles. The van der Waals surface area contributed by atoms with E-state index in [1.165, 1.54) is 6.21 Å². The zero-order valence-corrected chi connectivity index (χ0v) is 17.5. The molecule has 1 aliphatic rings. The fraction of sp³-hybridized carbons (Fsp3) is 0.304. The average Bonchev–Trinajstić information content (AvgIpc) is 2.80. The van der Waals surface area contributed by atoms with Crippen LogP contribution in [0.4, 0.5) is 5.69 Å². The molecule has 2 aromatic rings. The van der Waals surface area contributed by atoms with Gasteiger partial charge in [0.1, 0.15) is 5.75 Å². The number of nitrogens with one attached hydrogen (secondary N) is 2. The van der Waals surface area contributed by atoms with Crippen molar-refractivity contribution in [1.82, 2.24) is 10.3 Å². The number of anilines is 1. The molecule has 31 heavy (non-hydrogen) atoms. The van der Waals surface area contributed by atoms with Crippen molar-refractivity contribution in [2.45, 2.75) is 26.2 Å². The first kappa shape index (κ1) is 22.0. The van der Waals surface area contributed by atoms with Crippen LogP contribution < -0.4 is 15.5 Å². The molecule has 1 heterocycles. The number of hydrogen-bond donors (Lipinski definition) is 2. The highest BCUT2D eigenvalue weighted by Crippen LogP contribution is 2.12. The number of aryl methyl sites for hydroxylation is 1. The topological polar surface area (TPSA) is 100 Å². The van der Waals surface area contributed by atoms with Crippen molar-refractivity contribution in [2.24, 2.45) is 5.10 Å². The third-order valence-corrected chi connectivity index (χ3v) is 4.80. The summed E-state index contributed by atoms with van der Waals surface area (Å²) in [4.78, 5) is 37.5. The van der Waals surface area contributed by atoms with E-state index in [4.69, 9.17) is 4.74 Å². The lowest BCUT2D eigenvalue weighted by Gasteiger charge is -2.25. The van der Waals surface area contributed by atoms with Crippen LogP contribution in [0, 0.1) is 6.92 Å². The van der Waals surface area contributed by atoms with E-state index in [9.17, 15) is 14.4 Å². The molecule has 0 radical (unpaired) electrons. The molecule has 0 spiro atoms. The van der Waals surface area contributed by atoms with Gasteiger partial charge in [0.2, 0.25) is 0 Å². The van der Waals surface area contributed by atoms with Crippen LogP contribution in [0.3, 0.4) is 0 Å². The number of hydrogen-bond acceptors (Lipinski definition) is 5. The molecule has 0 bridgehead atoms. The van der Waals surface area contributed by atoms with Gasteiger partial charge >= 0.3 is 11.8 Å². The Bertz CT molecular complexity index is 933. The largest absolute Gasteiger partial charge is 0.484 e. The van der Waals surface area contributed by atoms with Crippen LogP contribution in [0.25, 0.3) is 0 Å². The quantitative estimate of drug-likeness (QED) is 0.424. The smallest absolute Gasteiger partial charge is 0.329 e. The summed E-state index contributed by atoms with van der Waals surface area (Å²) in [7, 11) is 0. The Morgan fingerprint density at radius 3 is 2.35 bits per heavy atom. The Morgan fingerprint density at radius 1 is 1.00 bits per heavy atom. The van der Waals surface area contributed by atoms with Crippen LogP contribution in [0.2, 0.25) is 0 Å². The lowest BCUT2D eigenvalue weighted by Crippen LogP contribution is -2.43. The predicted molar refractivity (Wildman–Crippen MR) is 118 cm³/mol. The molecule has 8 nitrogen and oxygen atoms in total. The number of carbonyl (C=O) groups is 3. The molecule has 1 saturated heterocycles. The molecule has 0 aliphatic carbocycles. The van der Waals surface area contributed by atoms with Gasteiger partial charge in [-0.15, -0.1) is 0 Å². The van der Waals surface area contributed by atoms with Crippen LogP contribution in [0.5, 0.6) is 5.75 Å². The molecule has 1 aliphatic heterocycles. The van der Waals surface area contributed by atoms with Crippen LogP contribution >= 0.6 is 0 Å². The fourth-order valence-corrected chi connectivity index (χ4v) is 3.09. The van der Waals surface area contributed by atoms with Crippen molar-refractivity contribution in [3.05, 3.63) is 59.7 Å². The standard InChI is InChI=1S/C23H26N4O4/c1-17-5-9-19(10-6-17)25-21(28)16-31-20-11-7-18(8-12-20)15-24-26-22(29)23(30)27-13-3-2-4-14-27/h5-12,15H,2-4,13-14,16H2,1H3,(H,25,28)(H,26,29)/b24-15-. The van der Waals surface area contributed by atoms with E-state index in [1.807, 2.05) is 31.2 Å². The third kappa shape index (κ3) is 6.95. The Kier molecular flexibility index (Phi) is 7.75. The second-order valence-corrected chi connectivity index (χ2v) is 7.32. The molecular weight excluding hydrogens is 396 g/mol. The second-order valence-electron chi connectivity index (χ2n) is 7.32. The summed E-state index contributed by atoms with van der Waals surface area (Å²) in [6.07, 6.45) is 4.37. The van der Waals surface area contributed by atoms with Crippen molar-refractivity contribution < 1.29 is 19.1 Å². The zero-order chi connectivity index (χ0) is 22.1. The second kappa shape index (κ2) is 10.9. The van der Waals surface area contributed by atoms with Crippen molar-refractivity contribution in [2.75, 3.05) is 25.0 Å². The maximum Gasteiger partial charge on any atom is 0.329 e. The summed E-state index contributed by atoms with van der Waals surface area (Å²) in [5.74, 6) is -1.02. The number of hydrazone groups is 1. The summed E-state index contributed by atoms with van der Waals surface area (Å²) in [6, 6.07) is 14.4. The average molecular weight is 422 g/mol. The third-order valence-electron chi connectivity index (χ3n) is 4.80. The van der Waals surface area contributed by atoms with Crippen LogP contribution in [-0.2, 0) is 14.4 Å².